The van der Waals surface area contributed by atoms with Gasteiger partial charge >= 0.3 is 11.3 Å². The molecule has 0 atom stereocenters. The molecule has 0 fully saturated rings. The second kappa shape index (κ2) is 6.60. The summed E-state index contributed by atoms with van der Waals surface area (Å²) in [5.74, 6) is 0.851. The van der Waals surface area contributed by atoms with Crippen LogP contribution in [-0.4, -0.2) is 16.4 Å². The predicted molar refractivity (Wildman–Crippen MR) is 99.5 cm³/mol. The molecule has 3 aromatic heterocycles. The molecule has 0 aliphatic rings. The van der Waals surface area contributed by atoms with E-state index in [0.717, 1.165) is 5.69 Å². The lowest BCUT2D eigenvalue weighted by Gasteiger charge is -2.06. The zero-order valence-electron chi connectivity index (χ0n) is 14.8. The molecule has 4 rings (SSSR count). The summed E-state index contributed by atoms with van der Waals surface area (Å²) in [7, 11) is 0. The molecule has 0 saturated heterocycles. The summed E-state index contributed by atoms with van der Waals surface area (Å²) < 4.78 is 17.7. The number of rotatable bonds is 4. The first-order valence-electron chi connectivity index (χ1n) is 8.44. The Kier molecular flexibility index (Phi) is 4.12. The molecule has 0 saturated carbocycles. The van der Waals surface area contributed by atoms with Crippen LogP contribution >= 0.6 is 0 Å². The lowest BCUT2D eigenvalue weighted by Crippen LogP contribution is -2.08. The molecule has 27 heavy (non-hydrogen) atoms. The van der Waals surface area contributed by atoms with Crippen LogP contribution in [0.4, 0.5) is 0 Å². The number of aryl methyl sites for hydroxylation is 1. The van der Waals surface area contributed by atoms with E-state index >= 15 is 0 Å². The first-order valence-corrected chi connectivity index (χ1v) is 8.44. The number of ether oxygens (including phenoxy) is 1. The van der Waals surface area contributed by atoms with E-state index in [0.29, 0.717) is 23.9 Å². The monoisotopic (exact) mass is 364 g/mol. The van der Waals surface area contributed by atoms with Gasteiger partial charge in [-0.15, -0.1) is 0 Å². The number of nitrogens with zero attached hydrogens (tertiary/aromatic N) is 2. The third kappa shape index (κ3) is 3.03. The van der Waals surface area contributed by atoms with Crippen molar-refractivity contribution < 1.29 is 13.6 Å². The number of hydrogen-bond acceptors (Lipinski definition) is 6. The number of para-hydroxylation sites is 1. The summed E-state index contributed by atoms with van der Waals surface area (Å²) in [6, 6.07) is 14.0. The molecule has 7 nitrogen and oxygen atoms in total. The molecule has 0 aliphatic carbocycles. The van der Waals surface area contributed by atoms with Crippen molar-refractivity contribution >= 4 is 11.0 Å². The molecular formula is C20H16N2O5. The standard InChI is InChI=1S/C20H16N2O5/c1-3-25-18-11-16(21-22(18)13-7-5-4-6-8-13)14-10-15-17(27-19(14)23)9-12(2)26-20(15)24/h4-11H,3H2,1-2H3. The lowest BCUT2D eigenvalue weighted by atomic mass is 10.1. The number of benzene rings is 1. The van der Waals surface area contributed by atoms with Gasteiger partial charge in [-0.3, -0.25) is 0 Å². The van der Waals surface area contributed by atoms with E-state index in [9.17, 15) is 9.59 Å². The largest absolute Gasteiger partial charge is 0.478 e. The second-order valence-corrected chi connectivity index (χ2v) is 5.92. The Morgan fingerprint density at radius 3 is 2.56 bits per heavy atom. The molecule has 1 aromatic carbocycles. The Hall–Kier alpha value is -3.61. The molecule has 0 spiro atoms. The first kappa shape index (κ1) is 16.8. The molecule has 0 unspecified atom stereocenters. The van der Waals surface area contributed by atoms with Crippen molar-refractivity contribution in [2.45, 2.75) is 13.8 Å². The molecule has 7 heteroatoms. The van der Waals surface area contributed by atoms with Crippen LogP contribution in [0.25, 0.3) is 27.9 Å². The van der Waals surface area contributed by atoms with Crippen LogP contribution in [0.1, 0.15) is 12.7 Å². The van der Waals surface area contributed by atoms with Gasteiger partial charge in [-0.05, 0) is 32.0 Å². The van der Waals surface area contributed by atoms with Gasteiger partial charge in [-0.25, -0.2) is 14.3 Å². The van der Waals surface area contributed by atoms with Gasteiger partial charge in [-0.2, -0.15) is 5.10 Å². The summed E-state index contributed by atoms with van der Waals surface area (Å²) in [6.07, 6.45) is 0. The minimum absolute atomic E-state index is 0.161. The zero-order valence-corrected chi connectivity index (χ0v) is 14.8. The van der Waals surface area contributed by atoms with Crippen LogP contribution in [0.3, 0.4) is 0 Å². The summed E-state index contributed by atoms with van der Waals surface area (Å²) in [5.41, 5.74) is 0.320. The van der Waals surface area contributed by atoms with Gasteiger partial charge in [-0.1, -0.05) is 18.2 Å². The topological polar surface area (TPSA) is 87.5 Å². The Labute approximate surface area is 153 Å². The highest BCUT2D eigenvalue weighted by Gasteiger charge is 2.17. The minimum Gasteiger partial charge on any atom is -0.478 e. The minimum atomic E-state index is -0.590. The van der Waals surface area contributed by atoms with Gasteiger partial charge in [0, 0.05) is 12.1 Å². The molecule has 0 aliphatic heterocycles. The van der Waals surface area contributed by atoms with E-state index in [1.54, 1.807) is 17.7 Å². The summed E-state index contributed by atoms with van der Waals surface area (Å²) in [4.78, 5) is 24.6. The normalized spacial score (nSPS) is 11.0. The van der Waals surface area contributed by atoms with Crippen LogP contribution in [0.2, 0.25) is 0 Å². The molecule has 0 radical (unpaired) electrons. The highest BCUT2D eigenvalue weighted by Crippen LogP contribution is 2.26. The second-order valence-electron chi connectivity index (χ2n) is 5.92. The van der Waals surface area contributed by atoms with E-state index in [1.165, 1.54) is 12.1 Å². The van der Waals surface area contributed by atoms with Gasteiger partial charge in [0.05, 0.1) is 17.9 Å². The van der Waals surface area contributed by atoms with E-state index in [-0.39, 0.29) is 16.5 Å². The Morgan fingerprint density at radius 2 is 1.81 bits per heavy atom. The highest BCUT2D eigenvalue weighted by molar-refractivity contribution is 5.80. The average Bonchev–Trinajstić information content (AvgIpc) is 3.06. The molecule has 4 aromatic rings. The Bertz CT molecular complexity index is 1230. The number of fused-ring (bicyclic) bond motifs is 1. The fourth-order valence-corrected chi connectivity index (χ4v) is 2.85. The van der Waals surface area contributed by atoms with Crippen molar-refractivity contribution in [3.63, 3.8) is 0 Å². The van der Waals surface area contributed by atoms with E-state index in [1.807, 2.05) is 37.3 Å². The maximum atomic E-state index is 12.5. The Morgan fingerprint density at radius 1 is 1.04 bits per heavy atom. The molecule has 0 N–H and O–H groups in total. The number of aromatic nitrogens is 2. The molecular weight excluding hydrogens is 348 g/mol. The quantitative estimate of drug-likeness (QED) is 0.552. The summed E-state index contributed by atoms with van der Waals surface area (Å²) in [6.45, 7) is 3.91. The van der Waals surface area contributed by atoms with E-state index in [4.69, 9.17) is 13.6 Å². The fourth-order valence-electron chi connectivity index (χ4n) is 2.85. The number of hydrogen-bond donors (Lipinski definition) is 0. The molecule has 0 amide bonds. The van der Waals surface area contributed by atoms with Gasteiger partial charge in [0.15, 0.2) is 0 Å². The Balaban J connectivity index is 1.92. The van der Waals surface area contributed by atoms with Crippen LogP contribution in [0.15, 0.2) is 67.0 Å². The third-order valence-corrected chi connectivity index (χ3v) is 4.03. The van der Waals surface area contributed by atoms with Gasteiger partial charge in [0.2, 0.25) is 5.88 Å². The molecule has 0 bridgehead atoms. The zero-order chi connectivity index (χ0) is 19.0. The van der Waals surface area contributed by atoms with Gasteiger partial charge in [0.25, 0.3) is 0 Å². The predicted octanol–water partition coefficient (Wildman–Crippen LogP) is 3.31. The van der Waals surface area contributed by atoms with Crippen LogP contribution in [-0.2, 0) is 0 Å². The maximum Gasteiger partial charge on any atom is 0.347 e. The van der Waals surface area contributed by atoms with Gasteiger partial charge < -0.3 is 13.6 Å². The average molecular weight is 364 g/mol. The lowest BCUT2D eigenvalue weighted by molar-refractivity contribution is 0.316. The van der Waals surface area contributed by atoms with Crippen molar-refractivity contribution in [1.29, 1.82) is 0 Å². The molecule has 136 valence electrons. The van der Waals surface area contributed by atoms with E-state index < -0.39 is 11.3 Å². The van der Waals surface area contributed by atoms with Crippen LogP contribution < -0.4 is 16.0 Å². The van der Waals surface area contributed by atoms with Gasteiger partial charge in [0.1, 0.15) is 22.4 Å². The van der Waals surface area contributed by atoms with Crippen molar-refractivity contribution in [1.82, 2.24) is 9.78 Å². The first-order chi connectivity index (χ1) is 13.1. The summed E-state index contributed by atoms with van der Waals surface area (Å²) in [5, 5.41) is 4.67. The highest BCUT2D eigenvalue weighted by atomic mass is 16.5. The van der Waals surface area contributed by atoms with Crippen molar-refractivity contribution in [3.05, 3.63) is 75.1 Å². The van der Waals surface area contributed by atoms with Crippen molar-refractivity contribution in [2.24, 2.45) is 0 Å². The SMILES string of the molecule is CCOc1cc(-c2cc3c(=O)oc(C)cc3oc2=O)nn1-c1ccccc1. The van der Waals surface area contributed by atoms with Crippen LogP contribution in [0.5, 0.6) is 5.88 Å². The van der Waals surface area contributed by atoms with Crippen LogP contribution in [0, 0.1) is 6.92 Å². The maximum absolute atomic E-state index is 12.5. The smallest absolute Gasteiger partial charge is 0.347 e. The third-order valence-electron chi connectivity index (χ3n) is 4.03. The van der Waals surface area contributed by atoms with E-state index in [2.05, 4.69) is 5.10 Å². The van der Waals surface area contributed by atoms with Crippen molar-refractivity contribution in [2.75, 3.05) is 6.61 Å². The fraction of sp³-hybridized carbons (Fsp3) is 0.150. The summed E-state index contributed by atoms with van der Waals surface area (Å²) >= 11 is 0. The van der Waals surface area contributed by atoms with Crippen molar-refractivity contribution in [3.8, 4) is 22.8 Å². The molecule has 3 heterocycles.